The molecule has 0 fully saturated rings. The van der Waals surface area contributed by atoms with E-state index in [0.717, 1.165) is 8.05 Å². The molecule has 0 aromatic rings. The van der Waals surface area contributed by atoms with E-state index in [9.17, 15) is 4.57 Å². The number of hydrogen-bond donors (Lipinski definition) is 2. The van der Waals surface area contributed by atoms with Gasteiger partial charge in [-0.15, -0.1) is 0 Å². The summed E-state index contributed by atoms with van der Waals surface area (Å²) < 4.78 is 13.1. The summed E-state index contributed by atoms with van der Waals surface area (Å²) in [5.74, 6) is 0. The van der Waals surface area contributed by atoms with Crippen molar-refractivity contribution < 1.29 is 18.8 Å². The van der Waals surface area contributed by atoms with E-state index < -0.39 is 7.82 Å². The molecule has 0 heterocycles. The Morgan fingerprint density at radius 2 is 1.62 bits per heavy atom. The zero-order chi connectivity index (χ0) is 5.21. The van der Waals surface area contributed by atoms with Gasteiger partial charge in [-0.05, 0) is 0 Å². The van der Waals surface area contributed by atoms with Crippen LogP contribution in [0.4, 0.5) is 0 Å². The summed E-state index contributed by atoms with van der Waals surface area (Å²) in [7, 11) is -3.20. The van der Waals surface area contributed by atoms with Crippen molar-refractivity contribution >= 4 is 71.0 Å². The predicted molar refractivity (Wildman–Crippen MR) is 40.2 cm³/mol. The molecule has 0 saturated heterocycles. The molecular formula is H9AlBCaO4P. The Labute approximate surface area is 88.8 Å². The summed E-state index contributed by atoms with van der Waals surface area (Å²) >= 11 is 0. The van der Waals surface area contributed by atoms with Crippen LogP contribution in [-0.4, -0.2) is 72.9 Å². The fraction of sp³-hybridized carbons (Fsp3) is 0. The Hall–Kier alpha value is 1.97. The summed E-state index contributed by atoms with van der Waals surface area (Å²) in [4.78, 5) is 15.4. The summed E-state index contributed by atoms with van der Waals surface area (Å²) in [5, 5.41) is 0. The van der Waals surface area contributed by atoms with Crippen molar-refractivity contribution in [2.75, 3.05) is 0 Å². The molecule has 0 aromatic heterocycles. The van der Waals surface area contributed by atoms with Crippen molar-refractivity contribution in [2.24, 2.45) is 0 Å². The quantitative estimate of drug-likeness (QED) is 0.326. The fourth-order valence-electron chi connectivity index (χ4n) is 0. The van der Waals surface area contributed by atoms with Crippen LogP contribution in [0.3, 0.4) is 0 Å². The molecule has 0 aromatic carbocycles. The summed E-state index contributed by atoms with van der Waals surface area (Å²) in [6, 6.07) is 0. The van der Waals surface area contributed by atoms with Crippen LogP contribution in [0.5, 0.6) is 0 Å². The average molecular weight is 182 g/mol. The molecule has 0 radical (unpaired) electrons. The molecule has 0 spiro atoms. The van der Waals surface area contributed by atoms with E-state index in [2.05, 4.69) is 4.44 Å². The second kappa shape index (κ2) is 7.08. The third-order valence-corrected chi connectivity index (χ3v) is 0.714. The summed E-state index contributed by atoms with van der Waals surface area (Å²) in [5.41, 5.74) is 0. The van der Waals surface area contributed by atoms with Gasteiger partial charge in [0.15, 0.2) is 17.4 Å². The maximum absolute atomic E-state index is 9.47. The zero-order valence-electron chi connectivity index (χ0n) is 3.16. The molecule has 46 valence electrons. The first-order valence-corrected chi connectivity index (χ1v) is 2.70. The Balaban J connectivity index is -0.000000125. The third-order valence-electron chi connectivity index (χ3n) is 0.238. The van der Waals surface area contributed by atoms with E-state index in [1.165, 1.54) is 0 Å². The average Bonchev–Trinajstić information content (AvgIpc) is 1.35. The molecule has 0 saturated carbocycles. The normalized spacial score (nSPS) is 8.75. The van der Waals surface area contributed by atoms with Gasteiger partial charge in [-0.1, -0.05) is 0 Å². The van der Waals surface area contributed by atoms with Crippen LogP contribution in [0.2, 0.25) is 0 Å². The first kappa shape index (κ1) is 16.5. The van der Waals surface area contributed by atoms with E-state index in [0.29, 0.717) is 0 Å². The molecule has 0 aliphatic rings. The van der Waals surface area contributed by atoms with Crippen LogP contribution in [0.25, 0.3) is 0 Å². The number of rotatable bonds is 1. The molecule has 8 heavy (non-hydrogen) atoms. The van der Waals surface area contributed by atoms with Gasteiger partial charge in [-0.2, -0.15) is 0 Å². The van der Waals surface area contributed by atoms with Gasteiger partial charge in [0.25, 0.3) is 8.05 Å². The molecule has 0 rings (SSSR count). The predicted octanol–water partition coefficient (Wildman–Crippen LogP) is -3.46. The third kappa shape index (κ3) is 15.7. The Kier molecular flexibility index (Phi) is 14.6. The van der Waals surface area contributed by atoms with Gasteiger partial charge < -0.3 is 14.2 Å². The van der Waals surface area contributed by atoms with Crippen molar-refractivity contribution in [3.05, 3.63) is 0 Å². The van der Waals surface area contributed by atoms with Crippen LogP contribution < -0.4 is 0 Å². The summed E-state index contributed by atoms with van der Waals surface area (Å²) in [6.07, 6.45) is 0. The van der Waals surface area contributed by atoms with Crippen LogP contribution in [0.1, 0.15) is 0 Å². The maximum atomic E-state index is 9.47. The van der Waals surface area contributed by atoms with E-state index in [1.54, 1.807) is 0 Å². The molecule has 0 bridgehead atoms. The van der Waals surface area contributed by atoms with Gasteiger partial charge >= 0.3 is 45.6 Å². The fourth-order valence-corrected chi connectivity index (χ4v) is 0. The second-order valence-corrected chi connectivity index (χ2v) is 2.02. The molecule has 0 unspecified atom stereocenters. The molecule has 0 atom stereocenters. The zero-order valence-corrected chi connectivity index (χ0v) is 4.05. The molecule has 0 aliphatic heterocycles. The molecule has 8 heteroatoms. The molecule has 2 N–H and O–H groups in total. The number of phosphoric acid groups is 1. The van der Waals surface area contributed by atoms with Crippen LogP contribution in [0.15, 0.2) is 0 Å². The number of hydrogen-bond acceptors (Lipinski definition) is 2. The van der Waals surface area contributed by atoms with Crippen molar-refractivity contribution in [2.45, 2.75) is 0 Å². The van der Waals surface area contributed by atoms with Crippen LogP contribution in [0, 0.1) is 0 Å². The van der Waals surface area contributed by atoms with E-state index in [4.69, 9.17) is 9.79 Å². The monoisotopic (exact) mass is 182 g/mol. The van der Waals surface area contributed by atoms with E-state index >= 15 is 0 Å². The molecule has 4 nitrogen and oxygen atoms in total. The van der Waals surface area contributed by atoms with Gasteiger partial charge in [0.2, 0.25) is 0 Å². The Morgan fingerprint density at radius 3 is 1.62 bits per heavy atom. The van der Waals surface area contributed by atoms with Crippen molar-refractivity contribution in [3.63, 3.8) is 0 Å². The molecular weight excluding hydrogens is 173 g/mol. The van der Waals surface area contributed by atoms with Crippen molar-refractivity contribution in [1.82, 2.24) is 0 Å². The van der Waals surface area contributed by atoms with E-state index in [1.807, 2.05) is 0 Å². The van der Waals surface area contributed by atoms with E-state index in [-0.39, 0.29) is 55.1 Å². The first-order chi connectivity index (χ1) is 2.56. The van der Waals surface area contributed by atoms with Gasteiger partial charge in [0, 0.05) is 0 Å². The van der Waals surface area contributed by atoms with Gasteiger partial charge in [-0.25, -0.2) is 4.57 Å². The van der Waals surface area contributed by atoms with Crippen LogP contribution in [-0.2, 0) is 9.01 Å². The SMILES string of the molecule is BOP(=O)(O)O.[AlH3].[CaH2]. The van der Waals surface area contributed by atoms with Crippen LogP contribution >= 0.6 is 7.82 Å². The molecule has 0 amide bonds. The van der Waals surface area contributed by atoms with Gasteiger partial charge in [0.05, 0.1) is 0 Å². The minimum absolute atomic E-state index is 0. The summed E-state index contributed by atoms with van der Waals surface area (Å²) in [6.45, 7) is 0. The first-order valence-electron chi connectivity index (χ1n) is 1.17. The Bertz CT molecular complexity index is 80.1. The standard InChI is InChI=1S/Al.BH4O4P.Ca.5H/c;1-5-6(2,3)4;;;;;;/h;1H2,(H2,2,3,4);;;;;;. The minimum atomic E-state index is -4.15. The van der Waals surface area contributed by atoms with Crippen molar-refractivity contribution in [1.29, 1.82) is 0 Å². The topological polar surface area (TPSA) is 66.8 Å². The second-order valence-electron chi connectivity index (χ2n) is 0.673. The van der Waals surface area contributed by atoms with Crippen molar-refractivity contribution in [3.8, 4) is 0 Å². The van der Waals surface area contributed by atoms with Gasteiger partial charge in [0.1, 0.15) is 0 Å². The Morgan fingerprint density at radius 1 is 1.50 bits per heavy atom. The molecule has 0 aliphatic carbocycles. The van der Waals surface area contributed by atoms with Gasteiger partial charge in [-0.3, -0.25) is 0 Å².